The zero-order valence-corrected chi connectivity index (χ0v) is 14.4. The number of carbonyl (C=O) groups excluding carboxylic acids is 1. The second kappa shape index (κ2) is 6.31. The minimum absolute atomic E-state index is 0.269. The van der Waals surface area contributed by atoms with Gasteiger partial charge in [0.05, 0.1) is 21.1 Å². The van der Waals surface area contributed by atoms with E-state index in [4.69, 9.17) is 23.2 Å². The Morgan fingerprint density at radius 2 is 1.68 bits per heavy atom. The average molecular weight is 368 g/mol. The number of halogens is 2. The van der Waals surface area contributed by atoms with E-state index in [1.807, 2.05) is 18.2 Å². The first-order valence-corrected chi connectivity index (χ1v) is 8.26. The molecular weight excluding hydrogens is 357 g/mol. The summed E-state index contributed by atoms with van der Waals surface area (Å²) in [6.45, 7) is 0. The van der Waals surface area contributed by atoms with Crippen LogP contribution in [0.2, 0.25) is 10.0 Å². The molecule has 0 fully saturated rings. The minimum atomic E-state index is -0.283. The van der Waals surface area contributed by atoms with Gasteiger partial charge in [0.1, 0.15) is 0 Å². The van der Waals surface area contributed by atoms with Crippen LogP contribution in [0.1, 0.15) is 10.4 Å². The molecular formula is C19H11Cl2N3O. The van der Waals surface area contributed by atoms with E-state index < -0.39 is 0 Å². The molecule has 25 heavy (non-hydrogen) atoms. The first kappa shape index (κ1) is 15.8. The van der Waals surface area contributed by atoms with Crippen molar-refractivity contribution in [3.05, 3.63) is 83.0 Å². The summed E-state index contributed by atoms with van der Waals surface area (Å²) in [5.74, 6) is -0.283. The van der Waals surface area contributed by atoms with Gasteiger partial charge in [0.2, 0.25) is 0 Å². The molecule has 6 heteroatoms. The fourth-order valence-corrected chi connectivity index (χ4v) is 3.41. The van der Waals surface area contributed by atoms with Crippen molar-refractivity contribution in [2.24, 2.45) is 0 Å². The fourth-order valence-electron chi connectivity index (χ4n) is 2.76. The standard InChI is InChI=1S/C19H11Cl2N3O/c20-15-8-14(12-2-1-5-22-10-12)9-16(21)18(15)19(25)24-7-4-13-11-23-6-3-17(13)24/h1-11H. The highest BCUT2D eigenvalue weighted by Crippen LogP contribution is 2.32. The molecule has 0 aliphatic rings. The van der Waals surface area contributed by atoms with Crippen LogP contribution in [0, 0.1) is 0 Å². The van der Waals surface area contributed by atoms with Gasteiger partial charge in [-0.05, 0) is 35.9 Å². The normalized spacial score (nSPS) is 11.0. The number of nitrogens with zero attached hydrogens (tertiary/aromatic N) is 3. The van der Waals surface area contributed by atoms with Gasteiger partial charge in [0.25, 0.3) is 5.91 Å². The summed E-state index contributed by atoms with van der Waals surface area (Å²) in [7, 11) is 0. The zero-order chi connectivity index (χ0) is 17.4. The van der Waals surface area contributed by atoms with Gasteiger partial charge in [0, 0.05) is 41.9 Å². The van der Waals surface area contributed by atoms with Crippen molar-refractivity contribution < 1.29 is 4.79 Å². The van der Waals surface area contributed by atoms with Crippen LogP contribution in [0.5, 0.6) is 0 Å². The number of hydrogen-bond acceptors (Lipinski definition) is 3. The van der Waals surface area contributed by atoms with Crippen LogP contribution < -0.4 is 0 Å². The molecule has 122 valence electrons. The topological polar surface area (TPSA) is 47.8 Å². The molecule has 0 unspecified atom stereocenters. The molecule has 0 bridgehead atoms. The highest BCUT2D eigenvalue weighted by molar-refractivity contribution is 6.40. The molecule has 1 aromatic carbocycles. The van der Waals surface area contributed by atoms with Crippen LogP contribution in [-0.2, 0) is 0 Å². The summed E-state index contributed by atoms with van der Waals surface area (Å²) < 4.78 is 1.52. The summed E-state index contributed by atoms with van der Waals surface area (Å²) in [5, 5.41) is 1.47. The molecule has 0 aliphatic carbocycles. The van der Waals surface area contributed by atoms with Crippen LogP contribution >= 0.6 is 23.2 Å². The second-order valence-electron chi connectivity index (χ2n) is 5.48. The lowest BCUT2D eigenvalue weighted by molar-refractivity contribution is 0.0965. The number of aromatic nitrogens is 3. The first-order chi connectivity index (χ1) is 12.1. The van der Waals surface area contributed by atoms with Crippen LogP contribution in [0.4, 0.5) is 0 Å². The number of benzene rings is 1. The molecule has 4 rings (SSSR count). The van der Waals surface area contributed by atoms with Crippen molar-refractivity contribution in [1.29, 1.82) is 0 Å². The lowest BCUT2D eigenvalue weighted by Crippen LogP contribution is -2.12. The molecule has 0 saturated heterocycles. The van der Waals surface area contributed by atoms with E-state index >= 15 is 0 Å². The second-order valence-corrected chi connectivity index (χ2v) is 6.30. The van der Waals surface area contributed by atoms with E-state index in [-0.39, 0.29) is 11.5 Å². The maximum absolute atomic E-state index is 13.0. The quantitative estimate of drug-likeness (QED) is 0.495. The van der Waals surface area contributed by atoms with Gasteiger partial charge in [-0.1, -0.05) is 29.3 Å². The molecule has 4 aromatic rings. The third-order valence-electron chi connectivity index (χ3n) is 3.96. The minimum Gasteiger partial charge on any atom is -0.283 e. The Morgan fingerprint density at radius 3 is 2.40 bits per heavy atom. The summed E-state index contributed by atoms with van der Waals surface area (Å²) in [5.41, 5.74) is 2.71. The Morgan fingerprint density at radius 1 is 0.920 bits per heavy atom. The van der Waals surface area contributed by atoms with Crippen molar-refractivity contribution in [3.63, 3.8) is 0 Å². The molecule has 0 saturated carbocycles. The molecule has 4 nitrogen and oxygen atoms in total. The Balaban J connectivity index is 1.82. The number of hydrogen-bond donors (Lipinski definition) is 0. The zero-order valence-electron chi connectivity index (χ0n) is 12.9. The average Bonchev–Trinajstić information content (AvgIpc) is 3.06. The Bertz CT molecular complexity index is 1070. The lowest BCUT2D eigenvalue weighted by Gasteiger charge is -2.11. The van der Waals surface area contributed by atoms with Crippen LogP contribution in [0.3, 0.4) is 0 Å². The predicted octanol–water partition coefficient (Wildman–Crippen LogP) is 5.09. The smallest absolute Gasteiger partial charge is 0.265 e. The van der Waals surface area contributed by atoms with Crippen LogP contribution in [0.15, 0.2) is 67.4 Å². The maximum Gasteiger partial charge on any atom is 0.265 e. The van der Waals surface area contributed by atoms with Crippen molar-refractivity contribution in [3.8, 4) is 11.1 Å². The van der Waals surface area contributed by atoms with Gasteiger partial charge >= 0.3 is 0 Å². The van der Waals surface area contributed by atoms with E-state index in [2.05, 4.69) is 9.97 Å². The van der Waals surface area contributed by atoms with Gasteiger partial charge < -0.3 is 0 Å². The van der Waals surface area contributed by atoms with Gasteiger partial charge in [-0.2, -0.15) is 0 Å². The molecule has 0 amide bonds. The fraction of sp³-hybridized carbons (Fsp3) is 0. The van der Waals surface area contributed by atoms with E-state index in [0.717, 1.165) is 22.0 Å². The SMILES string of the molecule is O=C(c1c(Cl)cc(-c2cccnc2)cc1Cl)n1ccc2cnccc21. The number of carbonyl (C=O) groups is 1. The lowest BCUT2D eigenvalue weighted by atomic mass is 10.0. The molecule has 0 aliphatic heterocycles. The summed E-state index contributed by atoms with van der Waals surface area (Å²) in [6, 6.07) is 10.8. The van der Waals surface area contributed by atoms with Crippen LogP contribution in [-0.4, -0.2) is 20.4 Å². The predicted molar refractivity (Wildman–Crippen MR) is 99.2 cm³/mol. The molecule has 0 radical (unpaired) electrons. The van der Waals surface area contributed by atoms with Gasteiger partial charge in [-0.15, -0.1) is 0 Å². The molecule has 0 atom stereocenters. The Kier molecular flexibility index (Phi) is 3.99. The van der Waals surface area contributed by atoms with E-state index in [0.29, 0.717) is 10.0 Å². The molecule has 3 aromatic heterocycles. The Hall–Kier alpha value is -2.69. The third kappa shape index (κ3) is 2.80. The van der Waals surface area contributed by atoms with E-state index in [9.17, 15) is 4.79 Å². The van der Waals surface area contributed by atoms with E-state index in [1.165, 1.54) is 4.57 Å². The molecule has 0 N–H and O–H groups in total. The number of rotatable bonds is 2. The molecule has 3 heterocycles. The van der Waals surface area contributed by atoms with Crippen molar-refractivity contribution in [2.75, 3.05) is 0 Å². The van der Waals surface area contributed by atoms with Gasteiger partial charge in [-0.3, -0.25) is 19.3 Å². The van der Waals surface area contributed by atoms with Crippen LogP contribution in [0.25, 0.3) is 22.0 Å². The van der Waals surface area contributed by atoms with Crippen molar-refractivity contribution in [2.45, 2.75) is 0 Å². The summed E-state index contributed by atoms with van der Waals surface area (Å²) in [6.07, 6.45) is 8.44. The first-order valence-electron chi connectivity index (χ1n) is 7.50. The van der Waals surface area contributed by atoms with Crippen molar-refractivity contribution in [1.82, 2.24) is 14.5 Å². The largest absolute Gasteiger partial charge is 0.283 e. The number of pyridine rings is 2. The van der Waals surface area contributed by atoms with Crippen molar-refractivity contribution >= 4 is 40.0 Å². The van der Waals surface area contributed by atoms with Gasteiger partial charge in [-0.25, -0.2) is 0 Å². The number of fused-ring (bicyclic) bond motifs is 1. The third-order valence-corrected chi connectivity index (χ3v) is 4.56. The summed E-state index contributed by atoms with van der Waals surface area (Å²) in [4.78, 5) is 21.1. The highest BCUT2D eigenvalue weighted by atomic mass is 35.5. The highest BCUT2D eigenvalue weighted by Gasteiger charge is 2.19. The maximum atomic E-state index is 13.0. The van der Waals surface area contributed by atoms with E-state index in [1.54, 1.807) is 49.2 Å². The monoisotopic (exact) mass is 367 g/mol. The van der Waals surface area contributed by atoms with Gasteiger partial charge in [0.15, 0.2) is 0 Å². The molecule has 0 spiro atoms. The Labute approximate surface area is 153 Å². The summed E-state index contributed by atoms with van der Waals surface area (Å²) >= 11 is 12.8.